The first-order chi connectivity index (χ1) is 8.43. The fraction of sp³-hybridized carbons (Fsp3) is 0.692. The minimum absolute atomic E-state index is 0.142. The minimum Gasteiger partial charge on any atom is -0.380 e. The van der Waals surface area contributed by atoms with E-state index in [1.165, 1.54) is 0 Å². The highest BCUT2D eigenvalue weighted by molar-refractivity contribution is 5.84. The molecule has 1 aromatic heterocycles. The van der Waals surface area contributed by atoms with Gasteiger partial charge in [0.05, 0.1) is 24.8 Å². The van der Waals surface area contributed by atoms with E-state index < -0.39 is 5.54 Å². The SMILES string of the molecule is Cc1cnn(C(C)(C)C(=O)N2CC3(COC3)C2)c1. The minimum atomic E-state index is -0.611. The summed E-state index contributed by atoms with van der Waals surface area (Å²) in [5.41, 5.74) is 0.732. The summed E-state index contributed by atoms with van der Waals surface area (Å²) in [5, 5.41) is 4.26. The second kappa shape index (κ2) is 3.57. The molecule has 0 unspecified atom stereocenters. The molecule has 0 aliphatic carbocycles. The molecule has 0 N–H and O–H groups in total. The van der Waals surface area contributed by atoms with Crippen LogP contribution in [-0.4, -0.2) is 46.9 Å². The normalized spacial score (nSPS) is 21.6. The van der Waals surface area contributed by atoms with Crippen LogP contribution >= 0.6 is 0 Å². The summed E-state index contributed by atoms with van der Waals surface area (Å²) in [4.78, 5) is 14.4. The van der Waals surface area contributed by atoms with E-state index in [-0.39, 0.29) is 11.3 Å². The Morgan fingerprint density at radius 1 is 1.44 bits per heavy atom. The molecule has 0 atom stereocenters. The molecule has 2 saturated heterocycles. The Labute approximate surface area is 107 Å². The fourth-order valence-corrected chi connectivity index (χ4v) is 2.68. The van der Waals surface area contributed by atoms with E-state index in [9.17, 15) is 4.79 Å². The molecule has 18 heavy (non-hydrogen) atoms. The second-order valence-electron chi connectivity index (χ2n) is 6.18. The van der Waals surface area contributed by atoms with E-state index >= 15 is 0 Å². The average molecular weight is 249 g/mol. The Hall–Kier alpha value is -1.36. The van der Waals surface area contributed by atoms with Gasteiger partial charge in [0.15, 0.2) is 0 Å². The maximum Gasteiger partial charge on any atom is 0.250 e. The Bertz CT molecular complexity index is 480. The highest BCUT2D eigenvalue weighted by Crippen LogP contribution is 2.39. The number of ether oxygens (including phenoxy) is 1. The van der Waals surface area contributed by atoms with Crippen LogP contribution < -0.4 is 0 Å². The van der Waals surface area contributed by atoms with Crippen LogP contribution in [-0.2, 0) is 15.1 Å². The van der Waals surface area contributed by atoms with Gasteiger partial charge in [0, 0.05) is 19.3 Å². The molecule has 1 aromatic rings. The van der Waals surface area contributed by atoms with Gasteiger partial charge < -0.3 is 9.64 Å². The van der Waals surface area contributed by atoms with Gasteiger partial charge in [0.25, 0.3) is 0 Å². The first kappa shape index (κ1) is 11.7. The van der Waals surface area contributed by atoms with Crippen molar-refractivity contribution in [2.45, 2.75) is 26.3 Å². The van der Waals surface area contributed by atoms with Gasteiger partial charge in [-0.15, -0.1) is 0 Å². The first-order valence-electron chi connectivity index (χ1n) is 6.32. The van der Waals surface area contributed by atoms with Crippen molar-refractivity contribution in [3.63, 3.8) is 0 Å². The Balaban J connectivity index is 1.72. The average Bonchev–Trinajstić information content (AvgIpc) is 2.60. The van der Waals surface area contributed by atoms with Gasteiger partial charge in [-0.05, 0) is 26.3 Å². The predicted octanol–water partition coefficient (Wildman–Crippen LogP) is 0.785. The Morgan fingerprint density at radius 2 is 2.11 bits per heavy atom. The molecule has 2 aliphatic rings. The quantitative estimate of drug-likeness (QED) is 0.778. The second-order valence-corrected chi connectivity index (χ2v) is 6.18. The van der Waals surface area contributed by atoms with Gasteiger partial charge in [-0.2, -0.15) is 5.10 Å². The largest absolute Gasteiger partial charge is 0.380 e. The van der Waals surface area contributed by atoms with E-state index in [0.717, 1.165) is 31.9 Å². The van der Waals surface area contributed by atoms with Crippen LogP contribution in [0.25, 0.3) is 0 Å². The molecule has 0 bridgehead atoms. The van der Waals surface area contributed by atoms with Gasteiger partial charge in [-0.1, -0.05) is 0 Å². The number of nitrogens with zero attached hydrogens (tertiary/aromatic N) is 3. The van der Waals surface area contributed by atoms with Crippen LogP contribution in [0.3, 0.4) is 0 Å². The molecule has 2 aliphatic heterocycles. The maximum absolute atomic E-state index is 12.5. The standard InChI is InChI=1S/C13H19N3O2/c1-10-4-14-16(5-10)12(2,3)11(17)15-6-13(7-15)8-18-9-13/h4-5H,6-9H2,1-3H3. The summed E-state index contributed by atoms with van der Waals surface area (Å²) in [5.74, 6) is 0.142. The predicted molar refractivity (Wildman–Crippen MR) is 66.1 cm³/mol. The summed E-state index contributed by atoms with van der Waals surface area (Å²) in [6, 6.07) is 0. The molecule has 98 valence electrons. The Morgan fingerprint density at radius 3 is 2.56 bits per heavy atom. The van der Waals surface area contributed by atoms with E-state index in [1.54, 1.807) is 10.9 Å². The number of carbonyl (C=O) groups is 1. The smallest absolute Gasteiger partial charge is 0.250 e. The van der Waals surface area contributed by atoms with Crippen molar-refractivity contribution >= 4 is 5.91 Å². The van der Waals surface area contributed by atoms with Crippen molar-refractivity contribution in [3.8, 4) is 0 Å². The molecule has 2 fully saturated rings. The fourth-order valence-electron chi connectivity index (χ4n) is 2.68. The van der Waals surface area contributed by atoms with E-state index in [0.29, 0.717) is 0 Å². The van der Waals surface area contributed by atoms with Crippen molar-refractivity contribution in [3.05, 3.63) is 18.0 Å². The number of rotatable bonds is 2. The van der Waals surface area contributed by atoms with E-state index in [4.69, 9.17) is 4.74 Å². The molecule has 0 saturated carbocycles. The van der Waals surface area contributed by atoms with E-state index in [2.05, 4.69) is 5.10 Å². The maximum atomic E-state index is 12.5. The molecule has 0 radical (unpaired) electrons. The van der Waals surface area contributed by atoms with Crippen molar-refractivity contribution < 1.29 is 9.53 Å². The molecule has 5 heteroatoms. The summed E-state index contributed by atoms with van der Waals surface area (Å²) in [6.45, 7) is 9.09. The van der Waals surface area contributed by atoms with Gasteiger partial charge in [-0.25, -0.2) is 0 Å². The highest BCUT2D eigenvalue weighted by Gasteiger charge is 2.53. The number of hydrogen-bond donors (Lipinski definition) is 0. The molecule has 5 nitrogen and oxygen atoms in total. The molecular weight excluding hydrogens is 230 g/mol. The molecule has 3 rings (SSSR count). The van der Waals surface area contributed by atoms with E-state index in [1.807, 2.05) is 31.9 Å². The number of aromatic nitrogens is 2. The van der Waals surface area contributed by atoms with Crippen LogP contribution in [0.2, 0.25) is 0 Å². The number of amides is 1. The topological polar surface area (TPSA) is 47.4 Å². The lowest BCUT2D eigenvalue weighted by molar-refractivity contribution is -0.199. The molecule has 1 amide bonds. The first-order valence-corrected chi connectivity index (χ1v) is 6.32. The van der Waals surface area contributed by atoms with Crippen molar-refractivity contribution in [2.24, 2.45) is 5.41 Å². The third-order valence-corrected chi connectivity index (χ3v) is 3.96. The van der Waals surface area contributed by atoms with Gasteiger partial charge in [0.1, 0.15) is 5.54 Å². The molecule has 0 aromatic carbocycles. The number of aryl methyl sites for hydroxylation is 1. The number of likely N-dealkylation sites (tertiary alicyclic amines) is 1. The third-order valence-electron chi connectivity index (χ3n) is 3.96. The highest BCUT2D eigenvalue weighted by atomic mass is 16.5. The van der Waals surface area contributed by atoms with Crippen LogP contribution in [0.5, 0.6) is 0 Å². The van der Waals surface area contributed by atoms with Gasteiger partial charge >= 0.3 is 0 Å². The van der Waals surface area contributed by atoms with Crippen molar-refractivity contribution in [1.82, 2.24) is 14.7 Å². The van der Waals surface area contributed by atoms with Crippen molar-refractivity contribution in [2.75, 3.05) is 26.3 Å². The summed E-state index contributed by atoms with van der Waals surface area (Å²) in [6.07, 6.45) is 3.70. The monoisotopic (exact) mass is 249 g/mol. The van der Waals surface area contributed by atoms with Crippen LogP contribution in [0, 0.1) is 12.3 Å². The summed E-state index contributed by atoms with van der Waals surface area (Å²) in [7, 11) is 0. The lowest BCUT2D eigenvalue weighted by Gasteiger charge is -2.56. The summed E-state index contributed by atoms with van der Waals surface area (Å²) < 4.78 is 6.98. The summed E-state index contributed by atoms with van der Waals surface area (Å²) >= 11 is 0. The van der Waals surface area contributed by atoms with Gasteiger partial charge in [0.2, 0.25) is 5.91 Å². The number of carbonyl (C=O) groups excluding carboxylic acids is 1. The zero-order valence-corrected chi connectivity index (χ0v) is 11.1. The zero-order chi connectivity index (χ0) is 13.0. The van der Waals surface area contributed by atoms with Crippen molar-refractivity contribution in [1.29, 1.82) is 0 Å². The lowest BCUT2D eigenvalue weighted by atomic mass is 9.77. The van der Waals surface area contributed by atoms with Crippen LogP contribution in [0.15, 0.2) is 12.4 Å². The van der Waals surface area contributed by atoms with Crippen LogP contribution in [0.1, 0.15) is 19.4 Å². The molecule has 1 spiro atoms. The Kier molecular flexibility index (Phi) is 2.32. The number of hydrogen-bond acceptors (Lipinski definition) is 3. The van der Waals surface area contributed by atoms with Gasteiger partial charge in [-0.3, -0.25) is 9.48 Å². The lowest BCUT2D eigenvalue weighted by Crippen LogP contribution is -2.69. The molecule has 3 heterocycles. The zero-order valence-electron chi connectivity index (χ0n) is 11.1. The third kappa shape index (κ3) is 1.57. The molecular formula is C13H19N3O2. The van der Waals surface area contributed by atoms with Crippen LogP contribution in [0.4, 0.5) is 0 Å².